The van der Waals surface area contributed by atoms with Crippen molar-refractivity contribution in [2.24, 2.45) is 0 Å². The summed E-state index contributed by atoms with van der Waals surface area (Å²) in [6, 6.07) is 12.2. The normalized spacial score (nSPS) is 13.2. The van der Waals surface area contributed by atoms with Crippen molar-refractivity contribution in [1.29, 1.82) is 0 Å². The van der Waals surface area contributed by atoms with E-state index in [1.165, 1.54) is 23.5 Å². The second-order valence-electron chi connectivity index (χ2n) is 6.74. The molecule has 2 N–H and O–H groups in total. The fourth-order valence-corrected chi connectivity index (χ4v) is 3.46. The molecule has 7 nitrogen and oxygen atoms in total. The average molecular weight is 394 g/mol. The fourth-order valence-electron chi connectivity index (χ4n) is 2.73. The molecule has 0 spiro atoms. The van der Waals surface area contributed by atoms with Gasteiger partial charge in [-0.25, -0.2) is 4.98 Å². The Morgan fingerprint density at radius 2 is 1.96 bits per heavy atom. The van der Waals surface area contributed by atoms with Crippen LogP contribution in [0.1, 0.15) is 28.8 Å². The van der Waals surface area contributed by atoms with E-state index >= 15 is 0 Å². The Kier molecular flexibility index (Phi) is 4.79. The van der Waals surface area contributed by atoms with Gasteiger partial charge >= 0.3 is 0 Å². The van der Waals surface area contributed by atoms with Crippen LogP contribution in [0.3, 0.4) is 0 Å². The molecule has 1 aliphatic carbocycles. The van der Waals surface area contributed by atoms with Crippen LogP contribution in [0.5, 0.6) is 0 Å². The minimum absolute atomic E-state index is 0.0502. The van der Waals surface area contributed by atoms with Crippen molar-refractivity contribution < 1.29 is 9.72 Å². The lowest BCUT2D eigenvalue weighted by atomic mass is 10.1. The number of thiazole rings is 1. The van der Waals surface area contributed by atoms with Gasteiger partial charge in [0.25, 0.3) is 11.6 Å². The van der Waals surface area contributed by atoms with Gasteiger partial charge in [-0.05, 0) is 49.6 Å². The van der Waals surface area contributed by atoms with Gasteiger partial charge < -0.3 is 10.6 Å². The Labute approximate surface area is 165 Å². The van der Waals surface area contributed by atoms with E-state index in [4.69, 9.17) is 0 Å². The zero-order valence-electron chi connectivity index (χ0n) is 15.1. The summed E-state index contributed by atoms with van der Waals surface area (Å²) in [5.74, 6) is -0.0590. The molecule has 1 heterocycles. The molecule has 1 fully saturated rings. The molecule has 28 heavy (non-hydrogen) atoms. The number of aryl methyl sites for hydroxylation is 1. The molecule has 0 bridgehead atoms. The maximum Gasteiger partial charge on any atom is 0.269 e. The average Bonchev–Trinajstić information content (AvgIpc) is 3.38. The predicted molar refractivity (Wildman–Crippen MR) is 109 cm³/mol. The SMILES string of the molecule is Cc1ccc(C(=O)NC2CC2)cc1Nc1nc(-c2ccc([N+](=O)[O-])cc2)cs1. The summed E-state index contributed by atoms with van der Waals surface area (Å²) in [7, 11) is 0. The molecule has 1 aromatic heterocycles. The third kappa shape index (κ3) is 4.01. The number of amides is 1. The van der Waals surface area contributed by atoms with E-state index in [2.05, 4.69) is 15.6 Å². The molecule has 0 saturated heterocycles. The highest BCUT2D eigenvalue weighted by Crippen LogP contribution is 2.30. The van der Waals surface area contributed by atoms with E-state index in [1.807, 2.05) is 30.5 Å². The van der Waals surface area contributed by atoms with Crippen LogP contribution in [0.4, 0.5) is 16.5 Å². The van der Waals surface area contributed by atoms with Crippen LogP contribution < -0.4 is 10.6 Å². The largest absolute Gasteiger partial charge is 0.349 e. The number of rotatable bonds is 6. The first-order chi connectivity index (χ1) is 13.5. The minimum atomic E-state index is -0.424. The van der Waals surface area contributed by atoms with Crippen molar-refractivity contribution in [2.75, 3.05) is 5.32 Å². The third-order valence-corrected chi connectivity index (χ3v) is 5.29. The van der Waals surface area contributed by atoms with Crippen molar-refractivity contribution in [3.63, 3.8) is 0 Å². The Balaban J connectivity index is 1.51. The molecule has 8 heteroatoms. The van der Waals surface area contributed by atoms with Gasteiger partial charge in [-0.1, -0.05) is 6.07 Å². The molecular formula is C20H18N4O3S. The number of aromatic nitrogens is 1. The van der Waals surface area contributed by atoms with Crippen LogP contribution in [-0.4, -0.2) is 21.9 Å². The smallest absolute Gasteiger partial charge is 0.269 e. The Morgan fingerprint density at radius 1 is 1.21 bits per heavy atom. The first-order valence-electron chi connectivity index (χ1n) is 8.88. The fraction of sp³-hybridized carbons (Fsp3) is 0.200. The van der Waals surface area contributed by atoms with Crippen molar-refractivity contribution in [1.82, 2.24) is 10.3 Å². The standard InChI is InChI=1S/C20H18N4O3S/c1-12-2-3-14(19(25)21-15-6-7-15)10-17(12)22-20-23-18(11-28-20)13-4-8-16(9-5-13)24(26)27/h2-5,8-11,15H,6-7H2,1H3,(H,21,25)(H,22,23). The first-order valence-corrected chi connectivity index (χ1v) is 9.76. The molecule has 1 aliphatic rings. The molecule has 2 aromatic carbocycles. The maximum absolute atomic E-state index is 12.3. The van der Waals surface area contributed by atoms with E-state index in [-0.39, 0.29) is 11.6 Å². The molecule has 0 aliphatic heterocycles. The van der Waals surface area contributed by atoms with Crippen LogP contribution in [0.2, 0.25) is 0 Å². The molecule has 3 aromatic rings. The second-order valence-corrected chi connectivity index (χ2v) is 7.60. The summed E-state index contributed by atoms with van der Waals surface area (Å²) in [6.07, 6.45) is 2.10. The highest BCUT2D eigenvalue weighted by atomic mass is 32.1. The molecule has 1 saturated carbocycles. The lowest BCUT2D eigenvalue weighted by Gasteiger charge is -2.10. The number of hydrogen-bond donors (Lipinski definition) is 2. The summed E-state index contributed by atoms with van der Waals surface area (Å²) in [5, 5.41) is 19.6. The van der Waals surface area contributed by atoms with Gasteiger partial charge in [0.1, 0.15) is 0 Å². The van der Waals surface area contributed by atoms with Crippen LogP contribution in [0, 0.1) is 17.0 Å². The first kappa shape index (κ1) is 18.1. The van der Waals surface area contributed by atoms with Gasteiger partial charge in [-0.3, -0.25) is 14.9 Å². The zero-order chi connectivity index (χ0) is 19.7. The van der Waals surface area contributed by atoms with E-state index in [0.717, 1.165) is 35.3 Å². The number of anilines is 2. The van der Waals surface area contributed by atoms with Gasteiger partial charge in [-0.15, -0.1) is 11.3 Å². The number of nitro benzene ring substituents is 1. The van der Waals surface area contributed by atoms with Gasteiger partial charge in [-0.2, -0.15) is 0 Å². The van der Waals surface area contributed by atoms with Crippen LogP contribution >= 0.6 is 11.3 Å². The number of nitro groups is 1. The van der Waals surface area contributed by atoms with Crippen LogP contribution in [0.15, 0.2) is 47.8 Å². The molecule has 142 valence electrons. The second kappa shape index (κ2) is 7.40. The summed E-state index contributed by atoms with van der Waals surface area (Å²) in [4.78, 5) is 27.2. The highest BCUT2D eigenvalue weighted by Gasteiger charge is 2.24. The van der Waals surface area contributed by atoms with Gasteiger partial charge in [0.2, 0.25) is 0 Å². The van der Waals surface area contributed by atoms with Gasteiger partial charge in [0, 0.05) is 40.4 Å². The van der Waals surface area contributed by atoms with E-state index in [1.54, 1.807) is 12.1 Å². The number of carbonyl (C=O) groups is 1. The molecule has 0 atom stereocenters. The highest BCUT2D eigenvalue weighted by molar-refractivity contribution is 7.14. The molecule has 1 amide bonds. The Bertz CT molecular complexity index is 1040. The molecular weight excluding hydrogens is 376 g/mol. The number of benzene rings is 2. The van der Waals surface area contributed by atoms with Gasteiger partial charge in [0.05, 0.1) is 10.6 Å². The van der Waals surface area contributed by atoms with Crippen molar-refractivity contribution >= 4 is 33.8 Å². The summed E-state index contributed by atoms with van der Waals surface area (Å²) >= 11 is 1.44. The lowest BCUT2D eigenvalue weighted by molar-refractivity contribution is -0.384. The van der Waals surface area contributed by atoms with Crippen LogP contribution in [-0.2, 0) is 0 Å². The van der Waals surface area contributed by atoms with E-state index in [0.29, 0.717) is 16.7 Å². The minimum Gasteiger partial charge on any atom is -0.349 e. The van der Waals surface area contributed by atoms with Crippen molar-refractivity contribution in [2.45, 2.75) is 25.8 Å². The monoisotopic (exact) mass is 394 g/mol. The summed E-state index contributed by atoms with van der Waals surface area (Å²) in [5.41, 5.74) is 4.05. The predicted octanol–water partition coefficient (Wildman–Crippen LogP) is 4.66. The quantitative estimate of drug-likeness (QED) is 0.468. The van der Waals surface area contributed by atoms with Crippen LogP contribution in [0.25, 0.3) is 11.3 Å². The van der Waals surface area contributed by atoms with Crippen molar-refractivity contribution in [3.05, 3.63) is 69.1 Å². The number of nitrogens with one attached hydrogen (secondary N) is 2. The summed E-state index contributed by atoms with van der Waals surface area (Å²) < 4.78 is 0. The molecule has 0 radical (unpaired) electrons. The zero-order valence-corrected chi connectivity index (χ0v) is 16.0. The third-order valence-electron chi connectivity index (χ3n) is 4.53. The number of non-ortho nitro benzene ring substituents is 1. The van der Waals surface area contributed by atoms with Gasteiger partial charge in [0.15, 0.2) is 5.13 Å². The maximum atomic E-state index is 12.3. The topological polar surface area (TPSA) is 97.2 Å². The molecule has 4 rings (SSSR count). The number of hydrogen-bond acceptors (Lipinski definition) is 6. The Morgan fingerprint density at radius 3 is 2.64 bits per heavy atom. The van der Waals surface area contributed by atoms with E-state index in [9.17, 15) is 14.9 Å². The summed E-state index contributed by atoms with van der Waals surface area (Å²) in [6.45, 7) is 1.97. The molecule has 0 unspecified atom stereocenters. The Hall–Kier alpha value is -3.26. The van der Waals surface area contributed by atoms with E-state index < -0.39 is 4.92 Å². The number of carbonyl (C=O) groups excluding carboxylic acids is 1. The lowest BCUT2D eigenvalue weighted by Crippen LogP contribution is -2.25. The van der Waals surface area contributed by atoms with Crippen molar-refractivity contribution in [3.8, 4) is 11.3 Å². The number of nitrogens with zero attached hydrogens (tertiary/aromatic N) is 2.